The van der Waals surface area contributed by atoms with Crippen LogP contribution in [0.25, 0.3) is 10.9 Å². The molecule has 0 amide bonds. The van der Waals surface area contributed by atoms with E-state index in [1.54, 1.807) is 6.20 Å². The van der Waals surface area contributed by atoms with E-state index in [2.05, 4.69) is 29.5 Å². The van der Waals surface area contributed by atoms with Gasteiger partial charge in [-0.2, -0.15) is 0 Å². The van der Waals surface area contributed by atoms with E-state index < -0.39 is 0 Å². The Morgan fingerprint density at radius 1 is 0.926 bits per heavy atom. The Morgan fingerprint density at radius 3 is 2.30 bits per heavy atom. The quantitative estimate of drug-likeness (QED) is 0.462. The van der Waals surface area contributed by atoms with E-state index in [9.17, 15) is 0 Å². The van der Waals surface area contributed by atoms with Crippen LogP contribution in [0.1, 0.15) is 19.4 Å². The highest BCUT2D eigenvalue weighted by molar-refractivity contribution is 6.31. The molecule has 1 heterocycles. The molecule has 2 N–H and O–H groups in total. The lowest BCUT2D eigenvalue weighted by atomic mass is 10.0. The molecule has 3 rings (SSSR count). The monoisotopic (exact) mass is 445 g/mol. The third-order valence-corrected chi connectivity index (χ3v) is 4.60. The molecule has 27 heavy (non-hydrogen) atoms. The molecular weight excluding hydrogens is 424 g/mol. The second kappa shape index (κ2) is 10.4. The third-order valence-electron chi connectivity index (χ3n) is 4.11. The molecule has 3 nitrogen and oxygen atoms in total. The molecule has 0 saturated heterocycles. The Bertz CT molecular complexity index is 867. The zero-order valence-electron chi connectivity index (χ0n) is 15.1. The Labute approximate surface area is 182 Å². The van der Waals surface area contributed by atoms with Gasteiger partial charge in [0.2, 0.25) is 0 Å². The number of benzene rings is 2. The van der Waals surface area contributed by atoms with E-state index in [0.717, 1.165) is 34.7 Å². The van der Waals surface area contributed by atoms with Gasteiger partial charge in [-0.15, -0.1) is 24.8 Å². The van der Waals surface area contributed by atoms with Gasteiger partial charge in [-0.25, -0.2) is 0 Å². The van der Waals surface area contributed by atoms with Crippen LogP contribution in [0.3, 0.4) is 0 Å². The molecule has 0 aliphatic rings. The first kappa shape index (κ1) is 23.8. The molecule has 0 bridgehead atoms. The second-order valence-electron chi connectivity index (χ2n) is 6.74. The number of nitrogens with zero attached hydrogens (tertiary/aromatic N) is 1. The average Bonchev–Trinajstić information content (AvgIpc) is 2.59. The van der Waals surface area contributed by atoms with Crippen LogP contribution in [0.2, 0.25) is 10.0 Å². The Kier molecular flexibility index (Phi) is 9.13. The summed E-state index contributed by atoms with van der Waals surface area (Å²) < 4.78 is 0. The summed E-state index contributed by atoms with van der Waals surface area (Å²) in [6, 6.07) is 15.7. The first-order valence-corrected chi connectivity index (χ1v) is 8.96. The number of halogens is 4. The van der Waals surface area contributed by atoms with Gasteiger partial charge >= 0.3 is 0 Å². The second-order valence-corrected chi connectivity index (χ2v) is 7.61. The molecule has 0 aliphatic heterocycles. The van der Waals surface area contributed by atoms with Crippen molar-refractivity contribution < 1.29 is 0 Å². The van der Waals surface area contributed by atoms with E-state index in [1.165, 1.54) is 5.56 Å². The highest BCUT2D eigenvalue weighted by atomic mass is 35.5. The number of fused-ring (bicyclic) bond motifs is 1. The molecule has 0 radical (unpaired) electrons. The van der Waals surface area contributed by atoms with Crippen molar-refractivity contribution >= 4 is 64.6 Å². The van der Waals surface area contributed by atoms with Crippen LogP contribution in [0.4, 0.5) is 5.69 Å². The SMILES string of the molecule is CC(C)(CNc1ccnc2cc(Cl)ccc12)NCc1ccc(Cl)cc1.Cl.Cl. The van der Waals surface area contributed by atoms with Gasteiger partial charge in [-0.05, 0) is 55.8 Å². The van der Waals surface area contributed by atoms with Gasteiger partial charge in [0.25, 0.3) is 0 Å². The van der Waals surface area contributed by atoms with Crippen molar-refractivity contribution in [2.45, 2.75) is 25.9 Å². The van der Waals surface area contributed by atoms with Crippen molar-refractivity contribution in [2.75, 3.05) is 11.9 Å². The first-order valence-electron chi connectivity index (χ1n) is 8.21. The summed E-state index contributed by atoms with van der Waals surface area (Å²) in [6.45, 7) is 5.92. The van der Waals surface area contributed by atoms with E-state index in [1.807, 2.05) is 48.5 Å². The van der Waals surface area contributed by atoms with Crippen LogP contribution in [-0.2, 0) is 6.54 Å². The number of hydrogen-bond acceptors (Lipinski definition) is 3. The lowest BCUT2D eigenvalue weighted by Crippen LogP contribution is -2.44. The minimum Gasteiger partial charge on any atom is -0.383 e. The van der Waals surface area contributed by atoms with Gasteiger partial charge in [0.1, 0.15) is 0 Å². The Hall–Kier alpha value is -1.23. The number of anilines is 1. The van der Waals surface area contributed by atoms with Gasteiger partial charge in [0, 0.05) is 45.9 Å². The molecule has 2 aromatic carbocycles. The van der Waals surface area contributed by atoms with Gasteiger partial charge in [0.15, 0.2) is 0 Å². The molecule has 3 aromatic rings. The molecule has 0 fully saturated rings. The maximum absolute atomic E-state index is 6.05. The number of rotatable bonds is 6. The standard InChI is InChI=1S/C20H21Cl2N3.2ClH/c1-20(2,25-12-14-3-5-15(21)6-4-14)13-24-18-9-10-23-19-11-16(22)7-8-17(18)19;;/h3-11,25H,12-13H2,1-2H3,(H,23,24);2*1H. The Morgan fingerprint density at radius 2 is 1.59 bits per heavy atom. The molecule has 0 atom stereocenters. The van der Waals surface area contributed by atoms with Crippen LogP contribution in [0.15, 0.2) is 54.7 Å². The number of hydrogen-bond donors (Lipinski definition) is 2. The largest absolute Gasteiger partial charge is 0.383 e. The molecule has 1 aromatic heterocycles. The minimum absolute atomic E-state index is 0. The highest BCUT2D eigenvalue weighted by Crippen LogP contribution is 2.24. The summed E-state index contributed by atoms with van der Waals surface area (Å²) in [6.07, 6.45) is 1.80. The molecule has 7 heteroatoms. The van der Waals surface area contributed by atoms with Gasteiger partial charge in [-0.3, -0.25) is 4.98 Å². The molecule has 0 unspecified atom stereocenters. The maximum atomic E-state index is 6.05. The van der Waals surface area contributed by atoms with E-state index in [0.29, 0.717) is 5.02 Å². The normalized spacial score (nSPS) is 10.8. The fraction of sp³-hybridized carbons (Fsp3) is 0.250. The molecule has 146 valence electrons. The number of pyridine rings is 1. The average molecular weight is 447 g/mol. The highest BCUT2D eigenvalue weighted by Gasteiger charge is 2.17. The number of aromatic nitrogens is 1. The van der Waals surface area contributed by atoms with Crippen LogP contribution >= 0.6 is 48.0 Å². The maximum Gasteiger partial charge on any atom is 0.0737 e. The van der Waals surface area contributed by atoms with Crippen LogP contribution in [-0.4, -0.2) is 17.1 Å². The lowest BCUT2D eigenvalue weighted by Gasteiger charge is -2.27. The van der Waals surface area contributed by atoms with E-state index in [4.69, 9.17) is 23.2 Å². The third kappa shape index (κ3) is 6.70. The smallest absolute Gasteiger partial charge is 0.0737 e. The zero-order chi connectivity index (χ0) is 17.9. The van der Waals surface area contributed by atoms with Crippen LogP contribution in [0.5, 0.6) is 0 Å². The van der Waals surface area contributed by atoms with Crippen molar-refractivity contribution in [3.63, 3.8) is 0 Å². The van der Waals surface area contributed by atoms with Crippen LogP contribution in [0, 0.1) is 0 Å². The molecule has 0 spiro atoms. The molecule has 0 aliphatic carbocycles. The van der Waals surface area contributed by atoms with Crippen LogP contribution < -0.4 is 10.6 Å². The lowest BCUT2D eigenvalue weighted by molar-refractivity contribution is 0.407. The van der Waals surface area contributed by atoms with Crippen molar-refractivity contribution in [3.8, 4) is 0 Å². The summed E-state index contributed by atoms with van der Waals surface area (Å²) in [4.78, 5) is 4.38. The van der Waals surface area contributed by atoms with Gasteiger partial charge < -0.3 is 10.6 Å². The van der Waals surface area contributed by atoms with Crippen molar-refractivity contribution in [3.05, 3.63) is 70.3 Å². The Balaban J connectivity index is 0.00000182. The summed E-state index contributed by atoms with van der Waals surface area (Å²) >= 11 is 12.0. The summed E-state index contributed by atoms with van der Waals surface area (Å²) in [5.41, 5.74) is 3.08. The van der Waals surface area contributed by atoms with Gasteiger partial charge in [-0.1, -0.05) is 35.3 Å². The fourth-order valence-electron chi connectivity index (χ4n) is 2.60. The topological polar surface area (TPSA) is 37.0 Å². The van der Waals surface area contributed by atoms with Crippen molar-refractivity contribution in [2.24, 2.45) is 0 Å². The van der Waals surface area contributed by atoms with Crippen molar-refractivity contribution in [1.29, 1.82) is 0 Å². The summed E-state index contributed by atoms with van der Waals surface area (Å²) in [7, 11) is 0. The van der Waals surface area contributed by atoms with E-state index >= 15 is 0 Å². The predicted octanol–water partition coefficient (Wildman–Crippen LogP) is 6.37. The fourth-order valence-corrected chi connectivity index (χ4v) is 2.89. The minimum atomic E-state index is -0.0817. The molecular formula is C20H23Cl4N3. The summed E-state index contributed by atoms with van der Waals surface area (Å²) in [5, 5.41) is 9.63. The number of nitrogens with one attached hydrogen (secondary N) is 2. The zero-order valence-corrected chi connectivity index (χ0v) is 18.3. The van der Waals surface area contributed by atoms with Gasteiger partial charge in [0.05, 0.1) is 5.52 Å². The first-order chi connectivity index (χ1) is 11.9. The summed E-state index contributed by atoms with van der Waals surface area (Å²) in [5.74, 6) is 0. The molecule has 0 saturated carbocycles. The predicted molar refractivity (Wildman–Crippen MR) is 122 cm³/mol. The van der Waals surface area contributed by atoms with Crippen molar-refractivity contribution in [1.82, 2.24) is 10.3 Å². The van der Waals surface area contributed by atoms with E-state index in [-0.39, 0.29) is 30.4 Å².